The molecule has 0 amide bonds. The third kappa shape index (κ3) is 4.08. The van der Waals surface area contributed by atoms with Gasteiger partial charge in [0.25, 0.3) is 5.69 Å². The average molecular weight is 412 g/mol. The number of methoxy groups -OCH3 is 1. The van der Waals surface area contributed by atoms with E-state index in [4.69, 9.17) is 21.1 Å². The van der Waals surface area contributed by atoms with E-state index >= 15 is 0 Å². The van der Waals surface area contributed by atoms with E-state index in [0.717, 1.165) is 23.1 Å². The van der Waals surface area contributed by atoms with Crippen molar-refractivity contribution in [2.24, 2.45) is 0 Å². The predicted octanol–water partition coefficient (Wildman–Crippen LogP) is 4.95. The zero-order chi connectivity index (χ0) is 18.7. The van der Waals surface area contributed by atoms with Crippen LogP contribution in [0.4, 0.5) is 5.69 Å². The maximum atomic E-state index is 12.4. The summed E-state index contributed by atoms with van der Waals surface area (Å²) in [6, 6.07) is 9.04. The molecule has 26 heavy (non-hydrogen) atoms. The molecule has 6 nitrogen and oxygen atoms in total. The molecule has 0 N–H and O–H groups in total. The molecule has 1 heterocycles. The number of nitro benzene ring substituents is 1. The van der Waals surface area contributed by atoms with E-state index < -0.39 is 10.9 Å². The van der Waals surface area contributed by atoms with E-state index in [-0.39, 0.29) is 22.0 Å². The molecule has 3 rings (SSSR count). The van der Waals surface area contributed by atoms with Gasteiger partial charge < -0.3 is 9.47 Å². The van der Waals surface area contributed by atoms with Crippen LogP contribution in [0.3, 0.4) is 0 Å². The fourth-order valence-corrected chi connectivity index (χ4v) is 5.49. The summed E-state index contributed by atoms with van der Waals surface area (Å²) in [4.78, 5) is 22.6. The van der Waals surface area contributed by atoms with Gasteiger partial charge >= 0.3 is 5.97 Å². The molecule has 1 aliphatic heterocycles. The summed E-state index contributed by atoms with van der Waals surface area (Å²) >= 11 is 9.71. The molecule has 0 bridgehead atoms. The molecule has 0 aliphatic carbocycles. The Morgan fingerprint density at radius 3 is 2.54 bits per heavy atom. The zero-order valence-electron chi connectivity index (χ0n) is 13.6. The largest absolute Gasteiger partial charge is 0.493 e. The summed E-state index contributed by atoms with van der Waals surface area (Å²) in [6.07, 6.45) is 0. The van der Waals surface area contributed by atoms with E-state index in [1.807, 2.05) is 35.7 Å². The number of hydrogen-bond donors (Lipinski definition) is 0. The van der Waals surface area contributed by atoms with Gasteiger partial charge in [-0.15, -0.1) is 23.5 Å². The summed E-state index contributed by atoms with van der Waals surface area (Å²) in [5.41, 5.74) is 0.952. The van der Waals surface area contributed by atoms with Crippen LogP contribution in [0.15, 0.2) is 36.4 Å². The van der Waals surface area contributed by atoms with Gasteiger partial charge in [-0.3, -0.25) is 10.1 Å². The highest BCUT2D eigenvalue weighted by Gasteiger charge is 2.22. The molecule has 0 aromatic heterocycles. The van der Waals surface area contributed by atoms with Gasteiger partial charge in [0.2, 0.25) is 0 Å². The molecular formula is C17H14ClNO5S2. The van der Waals surface area contributed by atoms with Crippen molar-refractivity contribution >= 4 is 46.8 Å². The molecule has 0 spiro atoms. The number of ether oxygens (including phenoxy) is 2. The predicted molar refractivity (Wildman–Crippen MR) is 104 cm³/mol. The topological polar surface area (TPSA) is 78.7 Å². The number of esters is 1. The minimum absolute atomic E-state index is 0.0430. The number of hydrogen-bond acceptors (Lipinski definition) is 7. The number of carbonyl (C=O) groups is 1. The van der Waals surface area contributed by atoms with E-state index in [1.165, 1.54) is 19.2 Å². The van der Waals surface area contributed by atoms with Crippen LogP contribution in [0.2, 0.25) is 5.02 Å². The maximum absolute atomic E-state index is 12.4. The summed E-state index contributed by atoms with van der Waals surface area (Å²) in [5, 5.41) is 10.7. The summed E-state index contributed by atoms with van der Waals surface area (Å²) in [5.74, 6) is 2.21. The Balaban J connectivity index is 1.81. The maximum Gasteiger partial charge on any atom is 0.345 e. The zero-order valence-corrected chi connectivity index (χ0v) is 16.0. The first-order valence-electron chi connectivity index (χ1n) is 7.57. The van der Waals surface area contributed by atoms with Crippen LogP contribution in [0.5, 0.6) is 11.5 Å². The smallest absolute Gasteiger partial charge is 0.345 e. The van der Waals surface area contributed by atoms with Crippen LogP contribution in [0.25, 0.3) is 0 Å². The molecule has 1 saturated heterocycles. The van der Waals surface area contributed by atoms with Crippen molar-refractivity contribution in [3.8, 4) is 11.5 Å². The van der Waals surface area contributed by atoms with Gasteiger partial charge in [0.1, 0.15) is 0 Å². The van der Waals surface area contributed by atoms with Crippen LogP contribution < -0.4 is 9.47 Å². The van der Waals surface area contributed by atoms with Gasteiger partial charge in [0, 0.05) is 23.6 Å². The van der Waals surface area contributed by atoms with Crippen molar-refractivity contribution < 1.29 is 19.2 Å². The Hall–Kier alpha value is -1.90. The number of thioether (sulfide) groups is 2. The average Bonchev–Trinajstić information content (AvgIpc) is 3.16. The van der Waals surface area contributed by atoms with Crippen molar-refractivity contribution in [1.82, 2.24) is 0 Å². The SMILES string of the molecule is COc1cc(C2SCCS2)ccc1OC(=O)c1ccc([N+](=O)[O-])cc1Cl. The fraction of sp³-hybridized carbons (Fsp3) is 0.235. The molecule has 2 aromatic rings. The Labute approximate surface area is 163 Å². The highest BCUT2D eigenvalue weighted by atomic mass is 35.5. The highest BCUT2D eigenvalue weighted by molar-refractivity contribution is 8.19. The Kier molecular flexibility index (Phi) is 5.95. The Morgan fingerprint density at radius 1 is 1.19 bits per heavy atom. The second kappa shape index (κ2) is 8.20. The first-order chi connectivity index (χ1) is 12.5. The first kappa shape index (κ1) is 18.9. The lowest BCUT2D eigenvalue weighted by Crippen LogP contribution is -2.10. The lowest BCUT2D eigenvalue weighted by Gasteiger charge is -2.14. The van der Waals surface area contributed by atoms with Gasteiger partial charge in [0.05, 0.1) is 27.2 Å². The summed E-state index contributed by atoms with van der Waals surface area (Å²) < 4.78 is 11.1. The molecule has 9 heteroatoms. The number of nitrogens with zero attached hydrogens (tertiary/aromatic N) is 1. The quantitative estimate of drug-likeness (QED) is 0.298. The first-order valence-corrected chi connectivity index (χ1v) is 10.0. The van der Waals surface area contributed by atoms with E-state index in [2.05, 4.69) is 0 Å². The molecule has 1 aliphatic rings. The van der Waals surface area contributed by atoms with Gasteiger partial charge in [-0.05, 0) is 23.8 Å². The molecule has 0 unspecified atom stereocenters. The van der Waals surface area contributed by atoms with E-state index in [0.29, 0.717) is 10.3 Å². The molecular weight excluding hydrogens is 398 g/mol. The molecule has 136 valence electrons. The summed E-state index contributed by atoms with van der Waals surface area (Å²) in [7, 11) is 1.50. The third-order valence-corrected chi connectivity index (χ3v) is 7.08. The number of halogens is 1. The second-order valence-corrected chi connectivity index (χ2v) is 8.43. The minimum atomic E-state index is -0.708. The number of carbonyl (C=O) groups excluding carboxylic acids is 1. The third-order valence-electron chi connectivity index (χ3n) is 3.67. The van der Waals surface area contributed by atoms with Crippen LogP contribution in [0.1, 0.15) is 20.5 Å². The van der Waals surface area contributed by atoms with Crippen molar-refractivity contribution in [3.05, 3.63) is 62.7 Å². The van der Waals surface area contributed by atoms with Gasteiger partial charge in [0.15, 0.2) is 11.5 Å². The standard InChI is InChI=1S/C17H14ClNO5S2/c1-23-15-8-10(17-25-6-7-26-17)2-5-14(15)24-16(20)12-4-3-11(19(21)22)9-13(12)18/h2-5,8-9,17H,6-7H2,1H3. The fourth-order valence-electron chi connectivity index (χ4n) is 2.40. The molecule has 1 fully saturated rings. The van der Waals surface area contributed by atoms with Gasteiger partial charge in [-0.1, -0.05) is 17.7 Å². The Morgan fingerprint density at radius 2 is 1.92 bits per heavy atom. The van der Waals surface area contributed by atoms with Crippen LogP contribution in [-0.2, 0) is 0 Å². The summed E-state index contributed by atoms with van der Waals surface area (Å²) in [6.45, 7) is 0. The number of non-ortho nitro benzene ring substituents is 1. The molecule has 2 aromatic carbocycles. The number of rotatable bonds is 5. The monoisotopic (exact) mass is 411 g/mol. The van der Waals surface area contributed by atoms with Gasteiger partial charge in [-0.2, -0.15) is 0 Å². The molecule has 0 atom stereocenters. The van der Waals surface area contributed by atoms with Crippen LogP contribution in [0, 0.1) is 10.1 Å². The number of benzene rings is 2. The lowest BCUT2D eigenvalue weighted by atomic mass is 10.2. The molecule has 0 radical (unpaired) electrons. The van der Waals surface area contributed by atoms with Gasteiger partial charge in [-0.25, -0.2) is 4.79 Å². The lowest BCUT2D eigenvalue weighted by molar-refractivity contribution is -0.384. The van der Waals surface area contributed by atoms with Crippen molar-refractivity contribution in [2.45, 2.75) is 4.58 Å². The normalized spacial score (nSPS) is 14.2. The van der Waals surface area contributed by atoms with Crippen LogP contribution in [-0.4, -0.2) is 29.5 Å². The van der Waals surface area contributed by atoms with Crippen LogP contribution >= 0.6 is 35.1 Å². The minimum Gasteiger partial charge on any atom is -0.493 e. The number of nitro groups is 1. The van der Waals surface area contributed by atoms with Crippen molar-refractivity contribution in [1.29, 1.82) is 0 Å². The van der Waals surface area contributed by atoms with Crippen molar-refractivity contribution in [3.63, 3.8) is 0 Å². The second-order valence-electron chi connectivity index (χ2n) is 5.29. The Bertz CT molecular complexity index is 855. The van der Waals surface area contributed by atoms with Crippen molar-refractivity contribution in [2.75, 3.05) is 18.6 Å². The molecule has 0 saturated carbocycles. The highest BCUT2D eigenvalue weighted by Crippen LogP contribution is 2.47. The van der Waals surface area contributed by atoms with E-state index in [1.54, 1.807) is 6.07 Å². The van der Waals surface area contributed by atoms with E-state index in [9.17, 15) is 14.9 Å².